The summed E-state index contributed by atoms with van der Waals surface area (Å²) in [7, 11) is 0. The van der Waals surface area contributed by atoms with E-state index in [1.165, 1.54) is 18.2 Å². The van der Waals surface area contributed by atoms with Gasteiger partial charge in [0.2, 0.25) is 0 Å². The van der Waals surface area contributed by atoms with Gasteiger partial charge >= 0.3 is 0 Å². The molecule has 116 valence electrons. The summed E-state index contributed by atoms with van der Waals surface area (Å²) in [4.78, 5) is 34.5. The molecule has 0 saturated carbocycles. The number of nitrogens with zero attached hydrogens (tertiary/aromatic N) is 1. The number of carbonyl (C=O) groups is 2. The van der Waals surface area contributed by atoms with Gasteiger partial charge in [-0.15, -0.1) is 0 Å². The quantitative estimate of drug-likeness (QED) is 0.669. The third-order valence-electron chi connectivity index (χ3n) is 3.64. The van der Waals surface area contributed by atoms with Crippen LogP contribution in [0.3, 0.4) is 0 Å². The highest BCUT2D eigenvalue weighted by Crippen LogP contribution is 2.22. The van der Waals surface area contributed by atoms with Crippen LogP contribution in [0.4, 0.5) is 11.4 Å². The molecule has 0 bridgehead atoms. The molecular weight excluding hydrogens is 298 g/mol. The van der Waals surface area contributed by atoms with E-state index in [0.29, 0.717) is 17.8 Å². The van der Waals surface area contributed by atoms with Crippen molar-refractivity contribution in [3.05, 3.63) is 69.3 Å². The van der Waals surface area contributed by atoms with Crippen molar-refractivity contribution in [2.75, 3.05) is 11.9 Å². The minimum Gasteiger partial charge on any atom is -0.352 e. The molecule has 23 heavy (non-hydrogen) atoms. The van der Waals surface area contributed by atoms with Crippen molar-refractivity contribution in [3.8, 4) is 0 Å². The number of benzene rings is 2. The third-order valence-corrected chi connectivity index (χ3v) is 3.64. The van der Waals surface area contributed by atoms with E-state index in [1.54, 1.807) is 24.3 Å². The van der Waals surface area contributed by atoms with Crippen molar-refractivity contribution < 1.29 is 14.5 Å². The lowest BCUT2D eigenvalue weighted by Gasteiger charge is -2.17. The molecule has 1 aliphatic rings. The SMILES string of the molecule is O=C1NCCc2ccc(NC(=O)c3ccccc3[N+](=O)[O-])cc21. The number of nitrogens with one attached hydrogen (secondary N) is 2. The monoisotopic (exact) mass is 311 g/mol. The van der Waals surface area contributed by atoms with Crippen LogP contribution in [0, 0.1) is 10.1 Å². The van der Waals surface area contributed by atoms with Gasteiger partial charge in [0.1, 0.15) is 5.56 Å². The zero-order valence-electron chi connectivity index (χ0n) is 12.0. The van der Waals surface area contributed by atoms with Crippen molar-refractivity contribution in [1.29, 1.82) is 0 Å². The van der Waals surface area contributed by atoms with E-state index in [2.05, 4.69) is 10.6 Å². The van der Waals surface area contributed by atoms with Crippen LogP contribution in [0.25, 0.3) is 0 Å². The number of rotatable bonds is 3. The lowest BCUT2D eigenvalue weighted by Crippen LogP contribution is -2.31. The normalized spacial score (nSPS) is 13.0. The molecular formula is C16H13N3O4. The average Bonchev–Trinajstić information content (AvgIpc) is 2.55. The zero-order valence-corrected chi connectivity index (χ0v) is 12.0. The molecule has 1 heterocycles. The van der Waals surface area contributed by atoms with Crippen molar-refractivity contribution in [3.63, 3.8) is 0 Å². The Morgan fingerprint density at radius 1 is 1.22 bits per heavy atom. The molecule has 0 spiro atoms. The Morgan fingerprint density at radius 3 is 2.78 bits per heavy atom. The van der Waals surface area contributed by atoms with E-state index in [-0.39, 0.29) is 17.2 Å². The molecule has 2 amide bonds. The summed E-state index contributed by atoms with van der Waals surface area (Å²) in [5.41, 5.74) is 1.55. The number of carbonyl (C=O) groups excluding carboxylic acids is 2. The second kappa shape index (κ2) is 5.88. The maximum atomic E-state index is 12.3. The van der Waals surface area contributed by atoms with Crippen LogP contribution in [0.1, 0.15) is 26.3 Å². The smallest absolute Gasteiger partial charge is 0.282 e. The fourth-order valence-electron chi connectivity index (χ4n) is 2.51. The molecule has 2 aromatic rings. The number of para-hydroxylation sites is 1. The molecule has 7 nitrogen and oxygen atoms in total. The first-order valence-corrected chi connectivity index (χ1v) is 7.02. The Hall–Kier alpha value is -3.22. The summed E-state index contributed by atoms with van der Waals surface area (Å²) in [6.07, 6.45) is 0.736. The van der Waals surface area contributed by atoms with Crippen LogP contribution in [0.5, 0.6) is 0 Å². The molecule has 0 radical (unpaired) electrons. The number of nitro benzene ring substituents is 1. The highest BCUT2D eigenvalue weighted by molar-refractivity contribution is 6.07. The Balaban J connectivity index is 1.88. The Kier molecular flexibility index (Phi) is 3.76. The van der Waals surface area contributed by atoms with E-state index in [4.69, 9.17) is 0 Å². The fourth-order valence-corrected chi connectivity index (χ4v) is 2.51. The summed E-state index contributed by atoms with van der Waals surface area (Å²) in [6, 6.07) is 10.8. The van der Waals surface area contributed by atoms with E-state index < -0.39 is 10.8 Å². The second-order valence-corrected chi connectivity index (χ2v) is 5.11. The van der Waals surface area contributed by atoms with Gasteiger partial charge < -0.3 is 10.6 Å². The Bertz CT molecular complexity index is 817. The number of anilines is 1. The Morgan fingerprint density at radius 2 is 2.00 bits per heavy atom. The summed E-state index contributed by atoms with van der Waals surface area (Å²) in [6.45, 7) is 0.591. The summed E-state index contributed by atoms with van der Waals surface area (Å²) in [5.74, 6) is -0.776. The van der Waals surface area contributed by atoms with E-state index in [0.717, 1.165) is 12.0 Å². The number of nitro groups is 1. The zero-order chi connectivity index (χ0) is 16.4. The summed E-state index contributed by atoms with van der Waals surface area (Å²) >= 11 is 0. The summed E-state index contributed by atoms with van der Waals surface area (Å²) < 4.78 is 0. The average molecular weight is 311 g/mol. The molecule has 0 atom stereocenters. The van der Waals surface area contributed by atoms with Crippen molar-refractivity contribution in [2.24, 2.45) is 0 Å². The van der Waals surface area contributed by atoms with Crippen molar-refractivity contribution in [2.45, 2.75) is 6.42 Å². The maximum absolute atomic E-state index is 12.3. The molecule has 1 aliphatic heterocycles. The lowest BCUT2D eigenvalue weighted by atomic mass is 9.99. The van der Waals surface area contributed by atoms with Gasteiger partial charge in [0, 0.05) is 23.9 Å². The molecule has 0 unspecified atom stereocenters. The number of hydrogen-bond acceptors (Lipinski definition) is 4. The predicted octanol–water partition coefficient (Wildman–Crippen LogP) is 2.13. The molecule has 2 N–H and O–H groups in total. The molecule has 0 saturated heterocycles. The summed E-state index contributed by atoms with van der Waals surface area (Å²) in [5, 5.41) is 16.3. The number of amides is 2. The first-order valence-electron chi connectivity index (χ1n) is 7.02. The molecule has 2 aromatic carbocycles. The third kappa shape index (κ3) is 2.89. The molecule has 0 aliphatic carbocycles. The minimum atomic E-state index is -0.602. The van der Waals surface area contributed by atoms with E-state index >= 15 is 0 Å². The fraction of sp³-hybridized carbons (Fsp3) is 0.125. The van der Waals surface area contributed by atoms with Gasteiger partial charge in [-0.05, 0) is 30.2 Å². The van der Waals surface area contributed by atoms with Crippen LogP contribution < -0.4 is 10.6 Å². The predicted molar refractivity (Wildman–Crippen MR) is 83.5 cm³/mol. The molecule has 0 aromatic heterocycles. The van der Waals surface area contributed by atoms with Crippen molar-refractivity contribution >= 4 is 23.2 Å². The van der Waals surface area contributed by atoms with Crippen molar-refractivity contribution in [1.82, 2.24) is 5.32 Å². The van der Waals surface area contributed by atoms with Crippen LogP contribution in [0.2, 0.25) is 0 Å². The largest absolute Gasteiger partial charge is 0.352 e. The van der Waals surface area contributed by atoms with Gasteiger partial charge in [0.05, 0.1) is 4.92 Å². The highest BCUT2D eigenvalue weighted by atomic mass is 16.6. The van der Waals surface area contributed by atoms with Gasteiger partial charge in [-0.3, -0.25) is 19.7 Å². The second-order valence-electron chi connectivity index (χ2n) is 5.11. The molecule has 0 fully saturated rings. The van der Waals surface area contributed by atoms with Gasteiger partial charge in [-0.1, -0.05) is 18.2 Å². The molecule has 3 rings (SSSR count). The standard InChI is InChI=1S/C16H13N3O4/c20-15-13-9-11(6-5-10(13)7-8-17-15)18-16(21)12-3-1-2-4-14(12)19(22)23/h1-6,9H,7-8H2,(H,17,20)(H,18,21). The van der Waals surface area contributed by atoms with E-state index in [1.807, 2.05) is 0 Å². The van der Waals surface area contributed by atoms with Crippen LogP contribution in [-0.4, -0.2) is 23.3 Å². The van der Waals surface area contributed by atoms with Gasteiger partial charge in [-0.25, -0.2) is 0 Å². The van der Waals surface area contributed by atoms with Crippen LogP contribution >= 0.6 is 0 Å². The van der Waals surface area contributed by atoms with E-state index in [9.17, 15) is 19.7 Å². The highest BCUT2D eigenvalue weighted by Gasteiger charge is 2.21. The first kappa shape index (κ1) is 14.7. The van der Waals surface area contributed by atoms with Gasteiger partial charge in [-0.2, -0.15) is 0 Å². The van der Waals surface area contributed by atoms with Crippen LogP contribution in [0.15, 0.2) is 42.5 Å². The van der Waals surface area contributed by atoms with Gasteiger partial charge in [0.25, 0.3) is 17.5 Å². The maximum Gasteiger partial charge on any atom is 0.282 e. The molecule has 7 heteroatoms. The first-order chi connectivity index (χ1) is 11.1. The van der Waals surface area contributed by atoms with Crippen LogP contribution in [-0.2, 0) is 6.42 Å². The Labute approximate surface area is 131 Å². The number of hydrogen-bond donors (Lipinski definition) is 2. The lowest BCUT2D eigenvalue weighted by molar-refractivity contribution is -0.385. The topological polar surface area (TPSA) is 101 Å². The number of fused-ring (bicyclic) bond motifs is 1. The van der Waals surface area contributed by atoms with Gasteiger partial charge in [0.15, 0.2) is 0 Å². The minimum absolute atomic E-state index is 0.0281.